The van der Waals surface area contributed by atoms with E-state index in [-0.39, 0.29) is 12.3 Å². The first-order valence-electron chi connectivity index (χ1n) is 5.10. The second kappa shape index (κ2) is 5.30. The highest BCUT2D eigenvalue weighted by molar-refractivity contribution is 9.10. The SMILES string of the molecule is CC(C)(N)CC(=O)Nc1ccc(C#N)cc1Br. The maximum absolute atomic E-state index is 11.7. The molecule has 0 aliphatic carbocycles. The summed E-state index contributed by atoms with van der Waals surface area (Å²) < 4.78 is 0.680. The standard InChI is InChI=1S/C12H14BrN3O/c1-12(2,15)6-11(17)16-10-4-3-8(7-14)5-9(10)13/h3-5H,6,15H2,1-2H3,(H,16,17). The molecule has 4 nitrogen and oxygen atoms in total. The molecule has 1 aromatic carbocycles. The summed E-state index contributed by atoms with van der Waals surface area (Å²) in [6, 6.07) is 7.01. The number of benzene rings is 1. The van der Waals surface area contributed by atoms with Crippen LogP contribution in [0, 0.1) is 11.3 Å². The molecule has 1 rings (SSSR count). The molecule has 1 aromatic rings. The number of carbonyl (C=O) groups excluding carboxylic acids is 1. The predicted octanol–water partition coefficient (Wildman–Crippen LogP) is 2.39. The van der Waals surface area contributed by atoms with Gasteiger partial charge in [-0.15, -0.1) is 0 Å². The minimum Gasteiger partial charge on any atom is -0.325 e. The van der Waals surface area contributed by atoms with E-state index in [9.17, 15) is 4.79 Å². The van der Waals surface area contributed by atoms with Crippen molar-refractivity contribution >= 4 is 27.5 Å². The van der Waals surface area contributed by atoms with Gasteiger partial charge in [-0.1, -0.05) is 0 Å². The smallest absolute Gasteiger partial charge is 0.226 e. The highest BCUT2D eigenvalue weighted by Gasteiger charge is 2.17. The van der Waals surface area contributed by atoms with Gasteiger partial charge in [0.15, 0.2) is 0 Å². The fourth-order valence-corrected chi connectivity index (χ4v) is 1.77. The molecule has 0 heterocycles. The van der Waals surface area contributed by atoms with Gasteiger partial charge in [-0.3, -0.25) is 4.79 Å². The largest absolute Gasteiger partial charge is 0.325 e. The molecule has 0 fully saturated rings. The van der Waals surface area contributed by atoms with Crippen molar-refractivity contribution in [2.45, 2.75) is 25.8 Å². The molecule has 0 radical (unpaired) electrons. The van der Waals surface area contributed by atoms with Gasteiger partial charge in [-0.25, -0.2) is 0 Å². The molecule has 0 atom stereocenters. The van der Waals surface area contributed by atoms with Gasteiger partial charge in [0.2, 0.25) is 5.91 Å². The van der Waals surface area contributed by atoms with Crippen LogP contribution in [0.5, 0.6) is 0 Å². The van der Waals surface area contributed by atoms with Crippen LogP contribution in [-0.2, 0) is 4.79 Å². The van der Waals surface area contributed by atoms with Gasteiger partial charge in [-0.2, -0.15) is 5.26 Å². The van der Waals surface area contributed by atoms with Gasteiger partial charge in [-0.05, 0) is 48.0 Å². The van der Waals surface area contributed by atoms with Crippen molar-refractivity contribution in [3.8, 4) is 6.07 Å². The zero-order valence-corrected chi connectivity index (χ0v) is 11.3. The number of rotatable bonds is 3. The Morgan fingerprint density at radius 2 is 2.24 bits per heavy atom. The van der Waals surface area contributed by atoms with Gasteiger partial charge in [0, 0.05) is 16.4 Å². The van der Waals surface area contributed by atoms with Crippen LogP contribution in [0.4, 0.5) is 5.69 Å². The number of nitriles is 1. The second-order valence-electron chi connectivity index (χ2n) is 4.52. The monoisotopic (exact) mass is 295 g/mol. The lowest BCUT2D eigenvalue weighted by Crippen LogP contribution is -2.36. The summed E-state index contributed by atoms with van der Waals surface area (Å²) in [5.41, 5.74) is 6.39. The number of hydrogen-bond acceptors (Lipinski definition) is 3. The number of nitrogens with zero attached hydrogens (tertiary/aromatic N) is 1. The van der Waals surface area contributed by atoms with E-state index < -0.39 is 5.54 Å². The first-order chi connectivity index (χ1) is 7.81. The minimum absolute atomic E-state index is 0.150. The van der Waals surface area contributed by atoms with Crippen LogP contribution in [0.25, 0.3) is 0 Å². The van der Waals surface area contributed by atoms with Crippen LogP contribution in [0.1, 0.15) is 25.8 Å². The van der Waals surface area contributed by atoms with Gasteiger partial charge < -0.3 is 11.1 Å². The zero-order chi connectivity index (χ0) is 13.1. The van der Waals surface area contributed by atoms with E-state index in [0.29, 0.717) is 15.7 Å². The highest BCUT2D eigenvalue weighted by atomic mass is 79.9. The minimum atomic E-state index is -0.539. The molecule has 0 aromatic heterocycles. The van der Waals surface area contributed by atoms with Gasteiger partial charge in [0.05, 0.1) is 17.3 Å². The fraction of sp³-hybridized carbons (Fsp3) is 0.333. The third-order valence-corrected chi connectivity index (χ3v) is 2.64. The second-order valence-corrected chi connectivity index (χ2v) is 5.37. The van der Waals surface area contributed by atoms with E-state index in [0.717, 1.165) is 0 Å². The number of halogens is 1. The number of carbonyl (C=O) groups is 1. The lowest BCUT2D eigenvalue weighted by molar-refractivity contribution is -0.117. The third-order valence-electron chi connectivity index (χ3n) is 1.99. The molecule has 5 heteroatoms. The average Bonchev–Trinajstić information content (AvgIpc) is 2.18. The topological polar surface area (TPSA) is 78.9 Å². The molecule has 0 aliphatic heterocycles. The van der Waals surface area contributed by atoms with Crippen LogP contribution in [0.2, 0.25) is 0 Å². The highest BCUT2D eigenvalue weighted by Crippen LogP contribution is 2.23. The van der Waals surface area contributed by atoms with Crippen molar-refractivity contribution in [1.29, 1.82) is 5.26 Å². The fourth-order valence-electron chi connectivity index (χ4n) is 1.29. The van der Waals surface area contributed by atoms with Crippen LogP contribution in [0.15, 0.2) is 22.7 Å². The predicted molar refractivity (Wildman–Crippen MR) is 70.4 cm³/mol. The quantitative estimate of drug-likeness (QED) is 0.898. The van der Waals surface area contributed by atoms with Crippen molar-refractivity contribution < 1.29 is 4.79 Å². The molecular weight excluding hydrogens is 282 g/mol. The Kier molecular flexibility index (Phi) is 4.27. The van der Waals surface area contributed by atoms with Crippen LogP contribution in [0.3, 0.4) is 0 Å². The summed E-state index contributed by atoms with van der Waals surface area (Å²) >= 11 is 3.30. The molecule has 0 spiro atoms. The number of hydrogen-bond donors (Lipinski definition) is 2. The average molecular weight is 296 g/mol. The van der Waals surface area contributed by atoms with Crippen molar-refractivity contribution in [2.75, 3.05) is 5.32 Å². The lowest BCUT2D eigenvalue weighted by Gasteiger charge is -2.17. The lowest BCUT2D eigenvalue weighted by atomic mass is 10.0. The molecule has 0 bridgehead atoms. The Hall–Kier alpha value is -1.38. The Morgan fingerprint density at radius 1 is 1.59 bits per heavy atom. The Balaban J connectivity index is 2.76. The summed E-state index contributed by atoms with van der Waals surface area (Å²) in [4.78, 5) is 11.7. The molecule has 0 saturated heterocycles. The van der Waals surface area contributed by atoms with Gasteiger partial charge in [0.25, 0.3) is 0 Å². The summed E-state index contributed by atoms with van der Waals surface area (Å²) in [5, 5.41) is 11.5. The van der Waals surface area contributed by atoms with E-state index in [4.69, 9.17) is 11.0 Å². The molecule has 90 valence electrons. The van der Waals surface area contributed by atoms with E-state index in [1.54, 1.807) is 32.0 Å². The van der Waals surface area contributed by atoms with Crippen LogP contribution in [-0.4, -0.2) is 11.4 Å². The number of nitrogens with one attached hydrogen (secondary N) is 1. The maximum atomic E-state index is 11.7. The first kappa shape index (κ1) is 13.7. The van der Waals surface area contributed by atoms with Crippen molar-refractivity contribution in [2.24, 2.45) is 5.73 Å². The molecule has 1 amide bonds. The number of nitrogens with two attached hydrogens (primary N) is 1. The summed E-state index contributed by atoms with van der Waals surface area (Å²) in [5.74, 6) is -0.150. The number of anilines is 1. The van der Waals surface area contributed by atoms with Crippen molar-refractivity contribution in [3.63, 3.8) is 0 Å². The first-order valence-corrected chi connectivity index (χ1v) is 5.89. The molecule has 17 heavy (non-hydrogen) atoms. The Labute approximate surface area is 109 Å². The number of amides is 1. The van der Waals surface area contributed by atoms with Crippen molar-refractivity contribution in [1.82, 2.24) is 0 Å². The zero-order valence-electron chi connectivity index (χ0n) is 9.75. The third kappa shape index (κ3) is 4.55. The van der Waals surface area contributed by atoms with E-state index in [1.165, 1.54) is 0 Å². The van der Waals surface area contributed by atoms with Gasteiger partial charge >= 0.3 is 0 Å². The summed E-state index contributed by atoms with van der Waals surface area (Å²) in [7, 11) is 0. The maximum Gasteiger partial charge on any atom is 0.226 e. The molecular formula is C12H14BrN3O. The summed E-state index contributed by atoms with van der Waals surface area (Å²) in [6.07, 6.45) is 0.236. The molecule has 3 N–H and O–H groups in total. The molecule has 0 saturated carbocycles. The van der Waals surface area contributed by atoms with Crippen LogP contribution < -0.4 is 11.1 Å². The summed E-state index contributed by atoms with van der Waals surface area (Å²) in [6.45, 7) is 3.58. The normalized spacial score (nSPS) is 10.8. The Bertz CT molecular complexity index is 472. The molecule has 0 aliphatic rings. The molecule has 0 unspecified atom stereocenters. The van der Waals surface area contributed by atoms with E-state index >= 15 is 0 Å². The van der Waals surface area contributed by atoms with E-state index in [1.807, 2.05) is 6.07 Å². The van der Waals surface area contributed by atoms with E-state index in [2.05, 4.69) is 21.2 Å². The Morgan fingerprint density at radius 3 is 2.71 bits per heavy atom. The van der Waals surface area contributed by atoms with Crippen molar-refractivity contribution in [3.05, 3.63) is 28.2 Å². The van der Waals surface area contributed by atoms with Crippen LogP contribution >= 0.6 is 15.9 Å². The van der Waals surface area contributed by atoms with Gasteiger partial charge in [0.1, 0.15) is 0 Å².